The molecule has 3 heterocycles. The summed E-state index contributed by atoms with van der Waals surface area (Å²) in [5.41, 5.74) is 11.1. The minimum atomic E-state index is -1.27. The number of ether oxygens (including phenoxy) is 3. The molecule has 12 heteroatoms. The summed E-state index contributed by atoms with van der Waals surface area (Å²) in [5.74, 6) is 0.960. The zero-order chi connectivity index (χ0) is 24.7. The third-order valence-corrected chi connectivity index (χ3v) is 6.88. The first-order valence-electron chi connectivity index (χ1n) is 10.8. The summed E-state index contributed by atoms with van der Waals surface area (Å²) < 4.78 is 19.2. The Morgan fingerprint density at radius 2 is 2.00 bits per heavy atom. The number of aromatic nitrogens is 1. The van der Waals surface area contributed by atoms with Crippen LogP contribution in [0, 0.1) is 0 Å². The van der Waals surface area contributed by atoms with Crippen molar-refractivity contribution >= 4 is 40.0 Å². The van der Waals surface area contributed by atoms with Crippen LogP contribution in [0.2, 0.25) is 10.0 Å². The van der Waals surface area contributed by atoms with E-state index in [0.717, 1.165) is 16.5 Å². The third-order valence-electron chi connectivity index (χ3n) is 6.14. The van der Waals surface area contributed by atoms with Gasteiger partial charge in [0.1, 0.15) is 24.0 Å². The van der Waals surface area contributed by atoms with Gasteiger partial charge in [-0.2, -0.15) is 0 Å². The lowest BCUT2D eigenvalue weighted by Gasteiger charge is -2.37. The Labute approximate surface area is 209 Å². The summed E-state index contributed by atoms with van der Waals surface area (Å²) in [7, 11) is 1.60. The fourth-order valence-electron chi connectivity index (χ4n) is 4.36. The summed E-state index contributed by atoms with van der Waals surface area (Å²) in [6.45, 7) is 0.353. The molecule has 35 heavy (non-hydrogen) atoms. The molecule has 1 saturated heterocycles. The summed E-state index contributed by atoms with van der Waals surface area (Å²) in [6, 6.07) is 10.3. The number of hydrogen-bond donors (Lipinski definition) is 2. The molecule has 0 saturated carbocycles. The van der Waals surface area contributed by atoms with Crippen LogP contribution < -0.4 is 4.74 Å². The fraction of sp³-hybridized carbons (Fsp3) is 0.348. The highest BCUT2D eigenvalue weighted by Crippen LogP contribution is 2.34. The highest BCUT2D eigenvalue weighted by atomic mass is 35.5. The predicted octanol–water partition coefficient (Wildman–Crippen LogP) is 3.91. The lowest BCUT2D eigenvalue weighted by Crippen LogP contribution is -2.56. The number of rotatable bonds is 6. The second kappa shape index (κ2) is 9.58. The van der Waals surface area contributed by atoms with Crippen LogP contribution in [0.3, 0.4) is 0 Å². The summed E-state index contributed by atoms with van der Waals surface area (Å²) >= 11 is 12.3. The average Bonchev–Trinajstić information content (AvgIpc) is 3.44. The van der Waals surface area contributed by atoms with Gasteiger partial charge in [0.15, 0.2) is 0 Å². The fourth-order valence-corrected chi connectivity index (χ4v) is 4.68. The van der Waals surface area contributed by atoms with Crippen molar-refractivity contribution in [3.63, 3.8) is 0 Å². The Hall–Kier alpha value is -2.98. The van der Waals surface area contributed by atoms with E-state index in [1.54, 1.807) is 13.2 Å². The first-order chi connectivity index (χ1) is 16.9. The number of aliphatic hydroxyl groups excluding tert-OH is 2. The van der Waals surface area contributed by atoms with Crippen molar-refractivity contribution in [3.8, 4) is 5.75 Å². The monoisotopic (exact) mass is 517 g/mol. The molecule has 0 unspecified atom stereocenters. The van der Waals surface area contributed by atoms with Gasteiger partial charge in [-0.1, -0.05) is 34.4 Å². The van der Waals surface area contributed by atoms with Crippen molar-refractivity contribution in [3.05, 3.63) is 74.2 Å². The van der Waals surface area contributed by atoms with Crippen molar-refractivity contribution < 1.29 is 24.4 Å². The first kappa shape index (κ1) is 23.7. The van der Waals surface area contributed by atoms with Gasteiger partial charge in [0.05, 0.1) is 40.9 Å². The van der Waals surface area contributed by atoms with Crippen LogP contribution in [0.4, 0.5) is 0 Å². The molecule has 1 aromatic heterocycles. The molecular formula is C23H21Cl2N5O5. The van der Waals surface area contributed by atoms with Gasteiger partial charge in [-0.05, 0) is 35.4 Å². The van der Waals surface area contributed by atoms with Crippen molar-refractivity contribution in [2.75, 3.05) is 13.7 Å². The molecule has 0 amide bonds. The molecule has 5 rings (SSSR count). The molecule has 2 aliphatic rings. The van der Waals surface area contributed by atoms with Crippen LogP contribution in [-0.2, 0) is 16.0 Å². The van der Waals surface area contributed by atoms with Gasteiger partial charge in [0.2, 0.25) is 12.2 Å². The molecule has 182 valence electrons. The largest absolute Gasteiger partial charge is 0.497 e. The number of benzene rings is 2. The van der Waals surface area contributed by atoms with Crippen LogP contribution in [0.25, 0.3) is 21.3 Å². The molecule has 1 fully saturated rings. The maximum absolute atomic E-state index is 10.6. The molecule has 3 aromatic rings. The Bertz CT molecular complexity index is 1360. The van der Waals surface area contributed by atoms with Crippen LogP contribution in [0.5, 0.6) is 5.75 Å². The maximum Gasteiger partial charge on any atom is 0.227 e. The van der Waals surface area contributed by atoms with Crippen molar-refractivity contribution in [1.29, 1.82) is 0 Å². The summed E-state index contributed by atoms with van der Waals surface area (Å²) in [4.78, 5) is 7.23. The van der Waals surface area contributed by atoms with Gasteiger partial charge in [-0.25, -0.2) is 4.99 Å². The zero-order valence-electron chi connectivity index (χ0n) is 18.5. The minimum Gasteiger partial charge on any atom is -0.497 e. The van der Waals surface area contributed by atoms with Gasteiger partial charge < -0.3 is 29.0 Å². The van der Waals surface area contributed by atoms with E-state index in [1.807, 2.05) is 41.1 Å². The van der Waals surface area contributed by atoms with Gasteiger partial charge >= 0.3 is 0 Å². The van der Waals surface area contributed by atoms with Crippen molar-refractivity contribution in [2.24, 2.45) is 10.1 Å². The second-order valence-corrected chi connectivity index (χ2v) is 9.10. The lowest BCUT2D eigenvalue weighted by molar-refractivity contribution is -0.223. The predicted molar refractivity (Wildman–Crippen MR) is 130 cm³/mol. The normalized spacial score (nSPS) is 25.5. The number of aliphatic imine (C=N–C) groups is 1. The van der Waals surface area contributed by atoms with Gasteiger partial charge in [0, 0.05) is 29.1 Å². The maximum atomic E-state index is 10.6. The zero-order valence-corrected chi connectivity index (χ0v) is 20.0. The molecular weight excluding hydrogens is 497 g/mol. The van der Waals surface area contributed by atoms with Gasteiger partial charge in [-0.15, -0.1) is 0 Å². The van der Waals surface area contributed by atoms with Gasteiger partial charge in [0.25, 0.3) is 0 Å². The quantitative estimate of drug-likeness (QED) is 0.290. The summed E-state index contributed by atoms with van der Waals surface area (Å²) in [6.07, 6.45) is -2.45. The van der Waals surface area contributed by atoms with Crippen molar-refractivity contribution in [1.82, 2.24) is 4.57 Å². The second-order valence-electron chi connectivity index (χ2n) is 8.28. The summed E-state index contributed by atoms with van der Waals surface area (Å²) in [5, 5.41) is 26.2. The Morgan fingerprint density at radius 3 is 2.74 bits per heavy atom. The average molecular weight is 518 g/mol. The molecule has 5 atom stereocenters. The van der Waals surface area contributed by atoms with E-state index in [1.165, 1.54) is 0 Å². The molecule has 2 N–H and O–H groups in total. The number of fused-ring (bicyclic) bond motifs is 2. The molecule has 0 radical (unpaired) electrons. The Balaban J connectivity index is 1.51. The van der Waals surface area contributed by atoms with E-state index in [0.29, 0.717) is 27.9 Å². The molecule has 2 aliphatic heterocycles. The van der Waals surface area contributed by atoms with E-state index in [-0.39, 0.29) is 12.4 Å². The van der Waals surface area contributed by atoms with Crippen LogP contribution in [-0.4, -0.2) is 65.0 Å². The number of hydrogen-bond acceptors (Lipinski definition) is 7. The molecule has 0 aliphatic carbocycles. The number of nitrogens with zero attached hydrogens (tertiary/aromatic N) is 5. The molecule has 0 spiro atoms. The van der Waals surface area contributed by atoms with Gasteiger partial charge in [-0.3, -0.25) is 0 Å². The van der Waals surface area contributed by atoms with E-state index < -0.39 is 30.6 Å². The highest BCUT2D eigenvalue weighted by molar-refractivity contribution is 6.42. The standard InChI is InChI=1S/C23H21Cl2N5O5/c1-33-12-3-4-13-14(10-30(17(13)7-12)9-11-2-5-15(24)16(25)6-11)22-28-19-21(32)20(31)18(8-27-29-26)34-23(19)35-22/h2-7,10,18-21,23,31-32H,8-9H2,1H3/t18-,19-,20-,21-,23-/m1/s1. The molecule has 10 nitrogen and oxygen atoms in total. The number of methoxy groups -OCH3 is 1. The topological polar surface area (TPSA) is 134 Å². The van der Waals surface area contributed by atoms with Crippen LogP contribution >= 0.6 is 23.2 Å². The highest BCUT2D eigenvalue weighted by Gasteiger charge is 2.49. The minimum absolute atomic E-state index is 0.139. The Morgan fingerprint density at radius 1 is 1.17 bits per heavy atom. The van der Waals surface area contributed by atoms with E-state index in [9.17, 15) is 10.2 Å². The first-order valence-corrected chi connectivity index (χ1v) is 11.5. The van der Waals surface area contributed by atoms with E-state index in [2.05, 4.69) is 15.0 Å². The lowest BCUT2D eigenvalue weighted by atomic mass is 9.97. The third kappa shape index (κ3) is 4.40. The number of aliphatic hydroxyl groups is 2. The van der Waals surface area contributed by atoms with Crippen LogP contribution in [0.1, 0.15) is 11.1 Å². The van der Waals surface area contributed by atoms with E-state index >= 15 is 0 Å². The SMILES string of the molecule is COc1ccc2c(C3=N[C@H]4[C@@H](O3)O[C@H](CN=[N+]=[N-])[C@@H](O)[C@@H]4O)cn(Cc3ccc(Cl)c(Cl)c3)c2c1. The number of halogens is 2. The van der Waals surface area contributed by atoms with Crippen molar-refractivity contribution in [2.45, 2.75) is 37.2 Å². The smallest absolute Gasteiger partial charge is 0.227 e. The van der Waals surface area contributed by atoms with Crippen LogP contribution in [0.15, 0.2) is 52.7 Å². The Kier molecular flexibility index (Phi) is 6.50. The van der Waals surface area contributed by atoms with E-state index in [4.69, 9.17) is 42.9 Å². The number of azide groups is 1. The molecule has 2 aromatic carbocycles. The molecule has 0 bridgehead atoms.